The van der Waals surface area contributed by atoms with Crippen molar-refractivity contribution in [2.45, 2.75) is 45.2 Å². The zero-order valence-corrected chi connectivity index (χ0v) is 16.8. The summed E-state index contributed by atoms with van der Waals surface area (Å²) in [4.78, 5) is 64.3. The van der Waals surface area contributed by atoms with Crippen molar-refractivity contribution in [1.29, 1.82) is 0 Å². The number of carbonyl (C=O) groups excluding carboxylic acids is 5. The van der Waals surface area contributed by atoms with Crippen LogP contribution >= 0.6 is 0 Å². The molecule has 4 N–H and O–H groups in total. The number of imide groups is 2. The van der Waals surface area contributed by atoms with Crippen LogP contribution < -0.4 is 11.5 Å². The number of anilines is 1. The SMILES string of the molecule is CC(C)C[C@H](N)C(=O)OCN1C(=O)CCC(N2C(=O)c3cccc(N)c3C2=O)C1=O. The lowest BCUT2D eigenvalue weighted by molar-refractivity contribution is -0.164. The van der Waals surface area contributed by atoms with Crippen molar-refractivity contribution in [2.24, 2.45) is 11.7 Å². The molecule has 3 rings (SSSR count). The summed E-state index contributed by atoms with van der Waals surface area (Å²) in [6.07, 6.45) is 0.287. The largest absolute Gasteiger partial charge is 0.443 e. The Morgan fingerprint density at radius 1 is 1.20 bits per heavy atom. The van der Waals surface area contributed by atoms with Crippen LogP contribution in [-0.2, 0) is 19.1 Å². The maximum absolute atomic E-state index is 12.9. The van der Waals surface area contributed by atoms with Crippen LogP contribution in [0.5, 0.6) is 0 Å². The maximum atomic E-state index is 12.9. The topological polar surface area (TPSA) is 153 Å². The van der Waals surface area contributed by atoms with E-state index < -0.39 is 48.4 Å². The van der Waals surface area contributed by atoms with Crippen molar-refractivity contribution < 1.29 is 28.7 Å². The molecular weight excluding hydrogens is 392 g/mol. The Bertz CT molecular complexity index is 928. The molecular formula is C20H24N4O6. The van der Waals surface area contributed by atoms with Gasteiger partial charge in [0.25, 0.3) is 17.7 Å². The second-order valence-electron chi connectivity index (χ2n) is 7.79. The van der Waals surface area contributed by atoms with Crippen molar-refractivity contribution in [3.05, 3.63) is 29.3 Å². The van der Waals surface area contributed by atoms with Crippen LogP contribution in [0.4, 0.5) is 5.69 Å². The fourth-order valence-corrected chi connectivity index (χ4v) is 3.65. The minimum absolute atomic E-state index is 0.0135. The molecule has 1 fully saturated rings. The van der Waals surface area contributed by atoms with Gasteiger partial charge in [-0.1, -0.05) is 19.9 Å². The van der Waals surface area contributed by atoms with Gasteiger partial charge in [-0.15, -0.1) is 0 Å². The first-order chi connectivity index (χ1) is 14.1. The molecule has 1 unspecified atom stereocenters. The molecule has 10 nitrogen and oxygen atoms in total. The number of amides is 4. The summed E-state index contributed by atoms with van der Waals surface area (Å²) in [6.45, 7) is 3.17. The molecule has 1 aromatic rings. The van der Waals surface area contributed by atoms with E-state index in [0.717, 1.165) is 9.80 Å². The average Bonchev–Trinajstić information content (AvgIpc) is 2.93. The number of likely N-dealkylation sites (tertiary alicyclic amines) is 1. The summed E-state index contributed by atoms with van der Waals surface area (Å²) in [5, 5.41) is 0. The Labute approximate surface area is 173 Å². The van der Waals surface area contributed by atoms with Gasteiger partial charge in [-0.3, -0.25) is 28.9 Å². The molecule has 30 heavy (non-hydrogen) atoms. The standard InChI is InChI=1S/C20H24N4O6/c1-10(2)8-13(22)20(29)30-9-23-15(25)7-6-14(18(23)27)24-17(26)11-4-3-5-12(21)16(11)19(24)28/h3-5,10,13-14H,6-9,21-22H2,1-2H3/t13-,14?/m0/s1. The number of ether oxygens (including phenoxy) is 1. The molecule has 4 amide bonds. The van der Waals surface area contributed by atoms with Crippen LogP contribution in [0.3, 0.4) is 0 Å². The highest BCUT2D eigenvalue weighted by molar-refractivity contribution is 6.25. The summed E-state index contributed by atoms with van der Waals surface area (Å²) in [7, 11) is 0. The van der Waals surface area contributed by atoms with E-state index in [9.17, 15) is 24.0 Å². The van der Waals surface area contributed by atoms with Gasteiger partial charge in [-0.2, -0.15) is 0 Å². The third kappa shape index (κ3) is 3.78. The number of hydrogen-bond donors (Lipinski definition) is 2. The zero-order chi connectivity index (χ0) is 22.2. The molecule has 10 heteroatoms. The molecule has 1 aromatic carbocycles. The van der Waals surface area contributed by atoms with Gasteiger partial charge in [0.05, 0.1) is 11.1 Å². The molecule has 0 aromatic heterocycles. The summed E-state index contributed by atoms with van der Waals surface area (Å²) >= 11 is 0. The predicted octanol–water partition coefficient (Wildman–Crippen LogP) is 0.257. The van der Waals surface area contributed by atoms with Gasteiger partial charge in [0.1, 0.15) is 12.1 Å². The lowest BCUT2D eigenvalue weighted by atomic mass is 10.0. The van der Waals surface area contributed by atoms with Gasteiger partial charge >= 0.3 is 5.97 Å². The number of rotatable bonds is 6. The van der Waals surface area contributed by atoms with Gasteiger partial charge in [-0.05, 0) is 30.9 Å². The van der Waals surface area contributed by atoms with Gasteiger partial charge in [-0.25, -0.2) is 4.90 Å². The number of esters is 1. The molecule has 2 aliphatic rings. The number of benzene rings is 1. The number of piperidine rings is 1. The number of carbonyl (C=O) groups is 5. The van der Waals surface area contributed by atoms with Crippen LogP contribution in [0.25, 0.3) is 0 Å². The van der Waals surface area contributed by atoms with E-state index >= 15 is 0 Å². The Kier molecular flexibility index (Phi) is 5.88. The first kappa shape index (κ1) is 21.4. The fraction of sp³-hybridized carbons (Fsp3) is 0.450. The van der Waals surface area contributed by atoms with E-state index in [4.69, 9.17) is 16.2 Å². The lowest BCUT2D eigenvalue weighted by Gasteiger charge is -2.34. The Balaban J connectivity index is 1.75. The second-order valence-corrected chi connectivity index (χ2v) is 7.79. The minimum atomic E-state index is -1.18. The molecule has 2 aliphatic heterocycles. The Hall–Kier alpha value is -3.27. The van der Waals surface area contributed by atoms with Gasteiger partial charge in [0.2, 0.25) is 5.91 Å². The number of nitrogen functional groups attached to an aromatic ring is 1. The van der Waals surface area contributed by atoms with Crippen molar-refractivity contribution in [1.82, 2.24) is 9.80 Å². The first-order valence-corrected chi connectivity index (χ1v) is 9.66. The van der Waals surface area contributed by atoms with E-state index in [1.54, 1.807) is 6.07 Å². The highest BCUT2D eigenvalue weighted by atomic mass is 16.5. The van der Waals surface area contributed by atoms with Crippen molar-refractivity contribution in [2.75, 3.05) is 12.5 Å². The number of nitrogens with zero attached hydrogens (tertiary/aromatic N) is 2. The van der Waals surface area contributed by atoms with E-state index in [1.807, 2.05) is 13.8 Å². The maximum Gasteiger partial charge on any atom is 0.324 e. The fourth-order valence-electron chi connectivity index (χ4n) is 3.65. The van der Waals surface area contributed by atoms with Gasteiger partial charge in [0.15, 0.2) is 6.73 Å². The van der Waals surface area contributed by atoms with Gasteiger partial charge < -0.3 is 16.2 Å². The minimum Gasteiger partial charge on any atom is -0.443 e. The molecule has 2 heterocycles. The molecule has 2 atom stereocenters. The van der Waals surface area contributed by atoms with Crippen LogP contribution in [0, 0.1) is 5.92 Å². The van der Waals surface area contributed by atoms with E-state index in [2.05, 4.69) is 0 Å². The van der Waals surface area contributed by atoms with Crippen LogP contribution in [-0.4, -0.2) is 58.2 Å². The monoisotopic (exact) mass is 416 g/mol. The molecule has 0 bridgehead atoms. The highest BCUT2D eigenvalue weighted by Gasteiger charge is 2.47. The number of nitrogens with two attached hydrogens (primary N) is 2. The van der Waals surface area contributed by atoms with Gasteiger partial charge in [0, 0.05) is 12.1 Å². The summed E-state index contributed by atoms with van der Waals surface area (Å²) < 4.78 is 5.04. The zero-order valence-electron chi connectivity index (χ0n) is 16.8. The summed E-state index contributed by atoms with van der Waals surface area (Å²) in [5.74, 6) is -3.25. The number of hydrogen-bond acceptors (Lipinski definition) is 8. The first-order valence-electron chi connectivity index (χ1n) is 9.66. The third-order valence-electron chi connectivity index (χ3n) is 5.14. The highest BCUT2D eigenvalue weighted by Crippen LogP contribution is 2.32. The van der Waals surface area contributed by atoms with Crippen molar-refractivity contribution in [3.8, 4) is 0 Å². The van der Waals surface area contributed by atoms with Crippen LogP contribution in [0.2, 0.25) is 0 Å². The van der Waals surface area contributed by atoms with E-state index in [0.29, 0.717) is 6.42 Å². The summed E-state index contributed by atoms with van der Waals surface area (Å²) in [6, 6.07) is 2.43. The smallest absolute Gasteiger partial charge is 0.324 e. The van der Waals surface area contributed by atoms with Crippen molar-refractivity contribution >= 4 is 35.3 Å². The third-order valence-corrected chi connectivity index (χ3v) is 5.14. The average molecular weight is 416 g/mol. The molecule has 1 saturated heterocycles. The molecule has 0 aliphatic carbocycles. The van der Waals surface area contributed by atoms with Crippen LogP contribution in [0.15, 0.2) is 18.2 Å². The Morgan fingerprint density at radius 2 is 1.90 bits per heavy atom. The van der Waals surface area contributed by atoms with E-state index in [-0.39, 0.29) is 35.6 Å². The Morgan fingerprint density at radius 3 is 2.53 bits per heavy atom. The molecule has 0 radical (unpaired) electrons. The number of fused-ring (bicyclic) bond motifs is 1. The second kappa shape index (κ2) is 8.23. The summed E-state index contributed by atoms with van der Waals surface area (Å²) in [5.41, 5.74) is 11.9. The predicted molar refractivity (Wildman–Crippen MR) is 105 cm³/mol. The van der Waals surface area contributed by atoms with Crippen molar-refractivity contribution in [3.63, 3.8) is 0 Å². The van der Waals surface area contributed by atoms with Crippen LogP contribution in [0.1, 0.15) is 53.8 Å². The van der Waals surface area contributed by atoms with E-state index in [1.165, 1.54) is 12.1 Å². The lowest BCUT2D eigenvalue weighted by Crippen LogP contribution is -2.56. The molecule has 160 valence electrons. The quantitative estimate of drug-likeness (QED) is 0.380. The molecule has 0 saturated carbocycles. The normalized spacial score (nSPS) is 20.1. The molecule has 0 spiro atoms.